The fourth-order valence-corrected chi connectivity index (χ4v) is 4.54. The van der Waals surface area contributed by atoms with Gasteiger partial charge in [-0.2, -0.15) is 0 Å². The highest BCUT2D eigenvalue weighted by Crippen LogP contribution is 2.27. The predicted octanol–water partition coefficient (Wildman–Crippen LogP) is 5.53. The Morgan fingerprint density at radius 1 is 1.03 bits per heavy atom. The van der Waals surface area contributed by atoms with Crippen LogP contribution in [-0.4, -0.2) is 37.6 Å². The van der Waals surface area contributed by atoms with Gasteiger partial charge in [-0.1, -0.05) is 48.0 Å². The first-order valence-corrected chi connectivity index (χ1v) is 11.8. The van der Waals surface area contributed by atoms with E-state index < -0.39 is 0 Å². The molecule has 0 aromatic heterocycles. The van der Waals surface area contributed by atoms with Gasteiger partial charge in [0.15, 0.2) is 0 Å². The summed E-state index contributed by atoms with van der Waals surface area (Å²) >= 11 is 6.16. The maximum atomic E-state index is 12.6. The summed E-state index contributed by atoms with van der Waals surface area (Å²) in [6, 6.07) is 23.6. The van der Waals surface area contributed by atoms with E-state index >= 15 is 0 Å². The largest absolute Gasteiger partial charge is 0.497 e. The summed E-state index contributed by atoms with van der Waals surface area (Å²) < 4.78 is 5.44. The van der Waals surface area contributed by atoms with Crippen molar-refractivity contribution in [2.45, 2.75) is 25.4 Å². The van der Waals surface area contributed by atoms with Gasteiger partial charge in [-0.25, -0.2) is 0 Å². The minimum absolute atomic E-state index is 0.210. The van der Waals surface area contributed by atoms with E-state index in [0.29, 0.717) is 23.2 Å². The second kappa shape index (κ2) is 11.3. The average Bonchev–Trinajstić information content (AvgIpc) is 3.37. The average molecular weight is 464 g/mol. The highest BCUT2D eigenvalue weighted by atomic mass is 35.5. The number of nitrogens with one attached hydrogen (secondary N) is 2. The third-order valence-electron chi connectivity index (χ3n) is 6.03. The fourth-order valence-electron chi connectivity index (χ4n) is 4.32. The molecule has 5 nitrogen and oxygen atoms in total. The summed E-state index contributed by atoms with van der Waals surface area (Å²) in [5.74, 6) is 0.677. The lowest BCUT2D eigenvalue weighted by Crippen LogP contribution is -2.34. The van der Waals surface area contributed by atoms with Crippen LogP contribution < -0.4 is 15.4 Å². The van der Waals surface area contributed by atoms with E-state index in [1.165, 1.54) is 18.4 Å². The first kappa shape index (κ1) is 23.3. The molecule has 4 rings (SSSR count). The molecule has 3 aromatic carbocycles. The van der Waals surface area contributed by atoms with Gasteiger partial charge in [-0.3, -0.25) is 9.69 Å². The van der Waals surface area contributed by atoms with Gasteiger partial charge in [0.25, 0.3) is 5.91 Å². The minimum Gasteiger partial charge on any atom is -0.497 e. The number of nitrogens with zero attached hydrogens (tertiary/aromatic N) is 1. The number of rotatable bonds is 9. The van der Waals surface area contributed by atoms with Crippen molar-refractivity contribution < 1.29 is 9.53 Å². The van der Waals surface area contributed by atoms with Crippen molar-refractivity contribution in [1.29, 1.82) is 0 Å². The fraction of sp³-hybridized carbons (Fsp3) is 0.296. The molecular weight excluding hydrogens is 434 g/mol. The molecule has 0 spiro atoms. The van der Waals surface area contributed by atoms with E-state index in [4.69, 9.17) is 16.3 Å². The van der Waals surface area contributed by atoms with Gasteiger partial charge >= 0.3 is 0 Å². The molecule has 2 N–H and O–H groups in total. The van der Waals surface area contributed by atoms with Crippen LogP contribution in [-0.2, 0) is 6.54 Å². The van der Waals surface area contributed by atoms with Crippen LogP contribution in [0.3, 0.4) is 0 Å². The number of halogens is 1. The number of carbonyl (C=O) groups excluding carboxylic acids is 1. The molecule has 0 aliphatic carbocycles. The maximum Gasteiger partial charge on any atom is 0.257 e. The number of anilines is 1. The van der Waals surface area contributed by atoms with Gasteiger partial charge in [0.05, 0.1) is 17.7 Å². The first-order chi connectivity index (χ1) is 16.1. The molecule has 1 heterocycles. The van der Waals surface area contributed by atoms with Crippen molar-refractivity contribution in [2.75, 3.05) is 32.1 Å². The summed E-state index contributed by atoms with van der Waals surface area (Å²) in [7, 11) is 1.71. The van der Waals surface area contributed by atoms with Crippen molar-refractivity contribution in [2.24, 2.45) is 0 Å². The Bertz CT molecular complexity index is 1080. The Kier molecular flexibility index (Phi) is 8.00. The van der Waals surface area contributed by atoms with Crippen LogP contribution in [0.5, 0.6) is 5.75 Å². The number of likely N-dealkylation sites (tertiary alicyclic amines) is 1. The van der Waals surface area contributed by atoms with Crippen molar-refractivity contribution in [3.8, 4) is 5.75 Å². The van der Waals surface area contributed by atoms with E-state index in [9.17, 15) is 4.79 Å². The Morgan fingerprint density at radius 3 is 2.61 bits per heavy atom. The molecule has 1 atom stereocenters. The molecule has 1 aliphatic rings. The molecular formula is C27H30ClN3O2. The zero-order chi connectivity index (χ0) is 23.0. The molecule has 6 heteroatoms. The van der Waals surface area contributed by atoms with Crippen LogP contribution in [0.2, 0.25) is 5.02 Å². The summed E-state index contributed by atoms with van der Waals surface area (Å²) in [5, 5.41) is 7.01. The number of benzene rings is 3. The third kappa shape index (κ3) is 6.14. The van der Waals surface area contributed by atoms with Crippen molar-refractivity contribution in [3.63, 3.8) is 0 Å². The molecule has 1 unspecified atom stereocenters. The number of ether oxygens (including phenoxy) is 1. The van der Waals surface area contributed by atoms with Gasteiger partial charge in [-0.05, 0) is 73.5 Å². The number of methoxy groups -OCH3 is 1. The van der Waals surface area contributed by atoms with Gasteiger partial charge in [0, 0.05) is 24.8 Å². The molecule has 0 bridgehead atoms. The lowest BCUT2D eigenvalue weighted by Gasteiger charge is -2.28. The van der Waals surface area contributed by atoms with Gasteiger partial charge < -0.3 is 15.4 Å². The molecule has 1 amide bonds. The van der Waals surface area contributed by atoms with E-state index in [1.54, 1.807) is 25.3 Å². The maximum absolute atomic E-state index is 12.6. The normalized spacial score (nSPS) is 14.7. The first-order valence-electron chi connectivity index (χ1n) is 11.4. The van der Waals surface area contributed by atoms with Crippen LogP contribution in [0.15, 0.2) is 72.8 Å². The topological polar surface area (TPSA) is 53.6 Å². The van der Waals surface area contributed by atoms with Crippen molar-refractivity contribution in [3.05, 3.63) is 94.5 Å². The number of hydrogen-bond donors (Lipinski definition) is 2. The highest BCUT2D eigenvalue weighted by Gasteiger charge is 2.23. The molecule has 1 aliphatic heterocycles. The summed E-state index contributed by atoms with van der Waals surface area (Å²) in [4.78, 5) is 15.1. The zero-order valence-electron chi connectivity index (χ0n) is 18.9. The van der Waals surface area contributed by atoms with Gasteiger partial charge in [0.2, 0.25) is 0 Å². The van der Waals surface area contributed by atoms with E-state index in [2.05, 4.69) is 39.8 Å². The number of carbonyl (C=O) groups is 1. The summed E-state index contributed by atoms with van der Waals surface area (Å²) in [6.07, 6.45) is 2.49. The van der Waals surface area contributed by atoms with Crippen LogP contribution in [0, 0.1) is 0 Å². The lowest BCUT2D eigenvalue weighted by atomic mass is 10.0. The van der Waals surface area contributed by atoms with Crippen molar-refractivity contribution >= 4 is 23.2 Å². The molecule has 3 aromatic rings. The summed E-state index contributed by atoms with van der Waals surface area (Å²) in [5.41, 5.74) is 3.60. The zero-order valence-corrected chi connectivity index (χ0v) is 19.6. The third-order valence-corrected chi connectivity index (χ3v) is 6.36. The predicted molar refractivity (Wildman–Crippen MR) is 134 cm³/mol. The monoisotopic (exact) mass is 463 g/mol. The lowest BCUT2D eigenvalue weighted by molar-refractivity contribution is 0.102. The van der Waals surface area contributed by atoms with Crippen LogP contribution >= 0.6 is 11.6 Å². The number of hydrogen-bond acceptors (Lipinski definition) is 4. The Balaban J connectivity index is 1.39. The molecule has 33 heavy (non-hydrogen) atoms. The van der Waals surface area contributed by atoms with E-state index in [0.717, 1.165) is 36.6 Å². The second-order valence-electron chi connectivity index (χ2n) is 8.30. The SMILES string of the molecule is COc1cccc(C(CNCc2cccc(NC(=O)c3ccccc3Cl)c2)N2CCCC2)c1. The van der Waals surface area contributed by atoms with Crippen LogP contribution in [0.25, 0.3) is 0 Å². The highest BCUT2D eigenvalue weighted by molar-refractivity contribution is 6.34. The van der Waals surface area contributed by atoms with E-state index in [-0.39, 0.29) is 5.91 Å². The smallest absolute Gasteiger partial charge is 0.257 e. The Hall–Kier alpha value is -2.86. The van der Waals surface area contributed by atoms with E-state index in [1.807, 2.05) is 30.3 Å². The Morgan fingerprint density at radius 2 is 1.82 bits per heavy atom. The van der Waals surface area contributed by atoms with Crippen LogP contribution in [0.4, 0.5) is 5.69 Å². The molecule has 0 radical (unpaired) electrons. The van der Waals surface area contributed by atoms with Crippen LogP contribution in [0.1, 0.15) is 40.4 Å². The molecule has 1 fully saturated rings. The minimum atomic E-state index is -0.210. The molecule has 172 valence electrons. The summed E-state index contributed by atoms with van der Waals surface area (Å²) in [6.45, 7) is 3.79. The van der Waals surface area contributed by atoms with Gasteiger partial charge in [-0.15, -0.1) is 0 Å². The molecule has 0 saturated carbocycles. The quantitative estimate of drug-likeness (QED) is 0.438. The van der Waals surface area contributed by atoms with Crippen molar-refractivity contribution in [1.82, 2.24) is 10.2 Å². The Labute approximate surface area is 200 Å². The number of amides is 1. The molecule has 1 saturated heterocycles. The standard InChI is InChI=1S/C27H30ClN3O2/c1-33-23-11-7-9-21(17-23)26(31-14-4-5-15-31)19-29-18-20-8-6-10-22(16-20)30-27(32)24-12-2-3-13-25(24)28/h2-3,6-13,16-17,26,29H,4-5,14-15,18-19H2,1H3,(H,30,32). The van der Waals surface area contributed by atoms with Gasteiger partial charge in [0.1, 0.15) is 5.75 Å². The second-order valence-corrected chi connectivity index (χ2v) is 8.71.